The number of hydrogen-bond acceptors (Lipinski definition) is 6. The van der Waals surface area contributed by atoms with E-state index < -0.39 is 11.7 Å². The van der Waals surface area contributed by atoms with Crippen LogP contribution in [-0.2, 0) is 19.1 Å². The number of thioether (sulfide) groups is 1. The molecule has 0 bridgehead atoms. The molecule has 1 atom stereocenters. The standard InChI is InChI=1S/C10H16N2O2.C8H16S.C5H11NO2.C2H4O.3C2H2/c1-7(13)12-6-2-3-9(12)10(14)11-8-4-5-8;1-4-5-6-7-9-8(2)3;1-5(2,3)8-4(6)7;1-2-3;3*1-2/h8-9H,2-6H2,1H3,(H,11,14);4,8H,1,5-7H2,2-3H3;1-3H3,(H2,6,7);2H,1H3;3*1-2H/t9-;;;;;;/m0....../s1. The lowest BCUT2D eigenvalue weighted by Gasteiger charge is -2.22. The van der Waals surface area contributed by atoms with Crippen LogP contribution in [0.4, 0.5) is 4.79 Å². The highest BCUT2D eigenvalue weighted by atomic mass is 32.2. The van der Waals surface area contributed by atoms with E-state index >= 15 is 0 Å². The second-order valence-electron chi connectivity index (χ2n) is 9.27. The average Bonchev–Trinajstić information content (AvgIpc) is 3.55. The fourth-order valence-electron chi connectivity index (χ4n) is 2.79. The zero-order valence-corrected chi connectivity index (χ0v) is 26.5. The Balaban J connectivity index is -0.000000138. The Morgan fingerprint density at radius 2 is 1.57 bits per heavy atom. The number of nitrogens with one attached hydrogen (secondary N) is 1. The van der Waals surface area contributed by atoms with Gasteiger partial charge in [0.1, 0.15) is 17.9 Å². The highest BCUT2D eigenvalue weighted by Gasteiger charge is 2.34. The lowest BCUT2D eigenvalue weighted by atomic mass is 10.2. The summed E-state index contributed by atoms with van der Waals surface area (Å²) >= 11 is 2.02. The number of nitrogens with zero attached hydrogens (tertiary/aromatic N) is 1. The summed E-state index contributed by atoms with van der Waals surface area (Å²) < 4.78 is 4.58. The van der Waals surface area contributed by atoms with Crippen molar-refractivity contribution in [2.75, 3.05) is 12.3 Å². The predicted molar refractivity (Wildman–Crippen MR) is 170 cm³/mol. The fraction of sp³-hybridized carbons (Fsp3) is 0.613. The number of unbranched alkanes of at least 4 members (excludes halogenated alkanes) is 1. The van der Waals surface area contributed by atoms with E-state index in [4.69, 9.17) is 10.5 Å². The van der Waals surface area contributed by atoms with Gasteiger partial charge in [-0.25, -0.2) is 4.79 Å². The van der Waals surface area contributed by atoms with E-state index in [-0.39, 0.29) is 17.9 Å². The fourth-order valence-corrected chi connectivity index (χ4v) is 3.59. The highest BCUT2D eigenvalue weighted by Crippen LogP contribution is 2.22. The molecule has 1 aliphatic heterocycles. The minimum absolute atomic E-state index is 0.0125. The van der Waals surface area contributed by atoms with Crippen LogP contribution in [0.15, 0.2) is 12.7 Å². The SMILES string of the molecule is C#C.C#C.C#C.C=CCCCSC(C)C.CC(=O)N1CCC[C@H]1C(=O)NC1CC1.CC(C)(C)OC(N)=O.CC=O. The lowest BCUT2D eigenvalue weighted by molar-refractivity contribution is -0.136. The van der Waals surface area contributed by atoms with Crippen LogP contribution >= 0.6 is 11.8 Å². The van der Waals surface area contributed by atoms with Gasteiger partial charge in [-0.1, -0.05) is 19.9 Å². The molecule has 3 amide bonds. The molecule has 9 heteroatoms. The number of carbonyl (C=O) groups excluding carboxylic acids is 4. The number of amides is 3. The van der Waals surface area contributed by atoms with Gasteiger partial charge in [-0.05, 0) is 77.2 Å². The summed E-state index contributed by atoms with van der Waals surface area (Å²) in [6.07, 6.45) is 32.4. The number of hydrogen-bond donors (Lipinski definition) is 2. The van der Waals surface area contributed by atoms with E-state index in [2.05, 4.69) is 69.0 Å². The third kappa shape index (κ3) is 36.8. The molecule has 2 fully saturated rings. The van der Waals surface area contributed by atoms with Gasteiger partial charge in [0.25, 0.3) is 0 Å². The van der Waals surface area contributed by atoms with Crippen LogP contribution in [-0.4, -0.2) is 64.3 Å². The minimum atomic E-state index is -0.725. The van der Waals surface area contributed by atoms with Crippen molar-refractivity contribution in [2.24, 2.45) is 5.73 Å². The molecule has 0 radical (unpaired) electrons. The molecule has 0 spiro atoms. The number of ether oxygens (including phenoxy) is 1. The number of likely N-dealkylation sites (tertiary alicyclic amines) is 1. The third-order valence-corrected chi connectivity index (χ3v) is 5.49. The van der Waals surface area contributed by atoms with Crippen molar-refractivity contribution >= 4 is 36.0 Å². The molecule has 0 aromatic heterocycles. The number of allylic oxidation sites excluding steroid dienone is 1. The smallest absolute Gasteiger partial charge is 0.405 e. The molecule has 1 aliphatic carbocycles. The van der Waals surface area contributed by atoms with Gasteiger partial charge in [0.05, 0.1) is 0 Å². The van der Waals surface area contributed by atoms with Crippen LogP contribution < -0.4 is 11.1 Å². The maximum atomic E-state index is 11.7. The second kappa shape index (κ2) is 31.9. The molecule has 0 aromatic rings. The Labute approximate surface area is 249 Å². The van der Waals surface area contributed by atoms with E-state index in [0.717, 1.165) is 43.8 Å². The summed E-state index contributed by atoms with van der Waals surface area (Å²) in [7, 11) is 0. The minimum Gasteiger partial charge on any atom is -0.444 e. The maximum absolute atomic E-state index is 11.7. The normalized spacial score (nSPS) is 14.2. The van der Waals surface area contributed by atoms with Crippen molar-refractivity contribution in [3.05, 3.63) is 12.7 Å². The summed E-state index contributed by atoms with van der Waals surface area (Å²) in [5.41, 5.74) is 4.26. The van der Waals surface area contributed by atoms with Crippen LogP contribution in [0.1, 0.15) is 87.0 Å². The van der Waals surface area contributed by atoms with Crippen LogP contribution in [0.25, 0.3) is 0 Å². The molecule has 8 nitrogen and oxygen atoms in total. The van der Waals surface area contributed by atoms with Gasteiger partial charge < -0.3 is 25.5 Å². The number of primary amides is 1. The van der Waals surface area contributed by atoms with Gasteiger partial charge in [-0.3, -0.25) is 9.59 Å². The zero-order valence-electron chi connectivity index (χ0n) is 25.7. The lowest BCUT2D eigenvalue weighted by Crippen LogP contribution is -2.45. The maximum Gasteiger partial charge on any atom is 0.405 e. The van der Waals surface area contributed by atoms with Gasteiger partial charge in [0.15, 0.2) is 0 Å². The highest BCUT2D eigenvalue weighted by molar-refractivity contribution is 7.99. The van der Waals surface area contributed by atoms with E-state index in [9.17, 15) is 14.4 Å². The molecule has 0 unspecified atom stereocenters. The predicted octanol–water partition coefficient (Wildman–Crippen LogP) is 5.20. The van der Waals surface area contributed by atoms with E-state index in [1.54, 1.807) is 25.7 Å². The molecule has 2 rings (SSSR count). The monoisotopic (exact) mass is 579 g/mol. The van der Waals surface area contributed by atoms with Crippen LogP contribution in [0, 0.1) is 38.5 Å². The quantitative estimate of drug-likeness (QED) is 0.185. The summed E-state index contributed by atoms with van der Waals surface area (Å²) in [5, 5.41) is 3.73. The Bertz CT molecular complexity index is 721. The number of aldehydes is 1. The van der Waals surface area contributed by atoms with E-state index in [1.165, 1.54) is 32.4 Å². The van der Waals surface area contributed by atoms with Gasteiger partial charge in [0, 0.05) is 19.5 Å². The molecule has 1 saturated carbocycles. The van der Waals surface area contributed by atoms with Gasteiger partial charge in [-0.15, -0.1) is 45.1 Å². The molecule has 1 heterocycles. The van der Waals surface area contributed by atoms with Gasteiger partial charge >= 0.3 is 6.09 Å². The first-order valence-electron chi connectivity index (χ1n) is 13.0. The molecule has 1 saturated heterocycles. The first-order valence-corrected chi connectivity index (χ1v) is 14.0. The van der Waals surface area contributed by atoms with Crippen molar-refractivity contribution in [3.63, 3.8) is 0 Å². The molecule has 40 heavy (non-hydrogen) atoms. The first kappa shape index (κ1) is 46.5. The number of carbonyl (C=O) groups is 4. The van der Waals surface area contributed by atoms with Crippen molar-refractivity contribution in [2.45, 2.75) is 110 Å². The number of rotatable bonds is 7. The average molecular weight is 580 g/mol. The summed E-state index contributed by atoms with van der Waals surface area (Å²) in [5.74, 6) is 1.34. The Hall–Kier alpha value is -3.35. The summed E-state index contributed by atoms with van der Waals surface area (Å²) in [6, 6.07) is 0.185. The number of terminal acetylenes is 3. The molecule has 0 aromatic carbocycles. The van der Waals surface area contributed by atoms with Crippen LogP contribution in [0.3, 0.4) is 0 Å². The van der Waals surface area contributed by atoms with E-state index in [1.807, 2.05) is 17.8 Å². The first-order chi connectivity index (χ1) is 18.8. The summed E-state index contributed by atoms with van der Waals surface area (Å²) in [4.78, 5) is 43.4. The molecule has 2 aliphatic rings. The van der Waals surface area contributed by atoms with Crippen LogP contribution in [0.2, 0.25) is 0 Å². The van der Waals surface area contributed by atoms with Crippen LogP contribution in [0.5, 0.6) is 0 Å². The van der Waals surface area contributed by atoms with Crippen molar-refractivity contribution in [1.29, 1.82) is 0 Å². The van der Waals surface area contributed by atoms with Gasteiger partial charge in [0.2, 0.25) is 11.8 Å². The van der Waals surface area contributed by atoms with E-state index in [0.29, 0.717) is 6.04 Å². The Morgan fingerprint density at radius 1 is 1.10 bits per heavy atom. The molecule has 3 N–H and O–H groups in total. The zero-order chi connectivity index (χ0) is 32.7. The van der Waals surface area contributed by atoms with Crippen molar-refractivity contribution < 1.29 is 23.9 Å². The summed E-state index contributed by atoms with van der Waals surface area (Å²) in [6.45, 7) is 17.1. The Morgan fingerprint density at radius 3 is 1.88 bits per heavy atom. The Kier molecular flexibility index (Phi) is 37.0. The molecular formula is C31H53N3O5S. The van der Waals surface area contributed by atoms with Crippen molar-refractivity contribution in [3.8, 4) is 38.5 Å². The van der Waals surface area contributed by atoms with Gasteiger partial charge in [-0.2, -0.15) is 11.8 Å². The third-order valence-electron chi connectivity index (χ3n) is 4.29. The topological polar surface area (TPSA) is 119 Å². The molecular weight excluding hydrogens is 526 g/mol. The largest absolute Gasteiger partial charge is 0.444 e. The number of nitrogens with two attached hydrogens (primary N) is 1. The second-order valence-corrected chi connectivity index (χ2v) is 11.0. The van der Waals surface area contributed by atoms with Crippen molar-refractivity contribution in [1.82, 2.24) is 10.2 Å². The molecule has 228 valence electrons.